The Morgan fingerprint density at radius 1 is 0.405 bits per heavy atom. The summed E-state index contributed by atoms with van der Waals surface area (Å²) in [7, 11) is -1.19. The third-order valence-corrected chi connectivity index (χ3v) is 20.4. The van der Waals surface area contributed by atoms with E-state index >= 15 is 0 Å². The molecule has 39 heteroatoms. The first kappa shape index (κ1) is 98.5. The van der Waals surface area contributed by atoms with E-state index in [1.165, 1.54) is 20.8 Å². The van der Waals surface area contributed by atoms with Crippen molar-refractivity contribution in [3.05, 3.63) is 0 Å². The maximum absolute atomic E-state index is 14.5. The molecule has 38 nitrogen and oxygen atoms in total. The van der Waals surface area contributed by atoms with Gasteiger partial charge in [-0.1, -0.05) is 38.5 Å². The minimum absolute atomic E-state index is 0.0826. The van der Waals surface area contributed by atoms with E-state index in [1.807, 2.05) is 0 Å². The van der Waals surface area contributed by atoms with Gasteiger partial charge in [0.25, 0.3) is 0 Å². The highest BCUT2D eigenvalue weighted by atomic mass is 31.2. The summed E-state index contributed by atoms with van der Waals surface area (Å²) in [6, 6.07) is -3.23. The van der Waals surface area contributed by atoms with E-state index in [1.54, 1.807) is 11.9 Å². The molecule has 17 N–H and O–H groups in total. The van der Waals surface area contributed by atoms with Gasteiger partial charge in [0.1, 0.15) is 79.2 Å². The Labute approximate surface area is 650 Å². The molecule has 0 radical (unpaired) electrons. The van der Waals surface area contributed by atoms with Gasteiger partial charge in [-0.25, -0.2) is 4.57 Å². The van der Waals surface area contributed by atoms with Crippen LogP contribution in [0.5, 0.6) is 0 Å². The molecule has 3 saturated heterocycles. The Hall–Kier alpha value is -4.85. The number of hydrogen-bond acceptors (Lipinski definition) is 29. The zero-order valence-electron chi connectivity index (χ0n) is 65.3. The van der Waals surface area contributed by atoms with E-state index in [0.29, 0.717) is 122 Å². The van der Waals surface area contributed by atoms with Crippen molar-refractivity contribution < 1.29 is 145 Å². The van der Waals surface area contributed by atoms with Crippen LogP contribution < -0.4 is 37.2 Å². The van der Waals surface area contributed by atoms with Gasteiger partial charge in [-0.3, -0.25) is 47.4 Å². The quantitative estimate of drug-likeness (QED) is 0.0233. The van der Waals surface area contributed by atoms with Crippen LogP contribution in [0, 0.1) is 5.92 Å². The van der Waals surface area contributed by atoms with Gasteiger partial charge >= 0.3 is 7.82 Å². The average Bonchev–Trinajstić information content (AvgIpc) is 0.830. The summed E-state index contributed by atoms with van der Waals surface area (Å²) in [5.41, 5.74) is 0. The highest BCUT2D eigenvalue weighted by Gasteiger charge is 2.49. The van der Waals surface area contributed by atoms with Gasteiger partial charge < -0.3 is 136 Å². The molecule has 1 unspecified atom stereocenters. The molecule has 0 aromatic rings. The molecule has 0 bridgehead atoms. The largest absolute Gasteiger partial charge is 0.471 e. The molecular formula is C72H131N8O30P. The first-order valence-corrected chi connectivity index (χ1v) is 40.9. The molecule has 3 heterocycles. The molecule has 8 amide bonds. The average molecular weight is 1620 g/mol. The normalized spacial score (nSPS) is 27.9. The maximum Gasteiger partial charge on any atom is 0.471 e. The van der Waals surface area contributed by atoms with E-state index in [0.717, 1.165) is 26.4 Å². The zero-order valence-corrected chi connectivity index (χ0v) is 66.2. The Kier molecular flexibility index (Phi) is 49.4. The van der Waals surface area contributed by atoms with E-state index in [2.05, 4.69) is 41.7 Å². The number of unbranched alkanes of at least 4 members (excludes halogenated alkanes) is 11. The lowest BCUT2D eigenvalue weighted by atomic mass is 9.82. The number of carbonyl (C=O) groups excluding carboxylic acids is 8. The van der Waals surface area contributed by atoms with Gasteiger partial charge in [-0.05, 0) is 96.3 Å². The second-order valence-corrected chi connectivity index (χ2v) is 30.2. The minimum Gasteiger partial charge on any atom is -0.394 e. The van der Waals surface area contributed by atoms with Crippen LogP contribution in [0.1, 0.15) is 181 Å². The maximum atomic E-state index is 14.5. The third kappa shape index (κ3) is 38.2. The summed E-state index contributed by atoms with van der Waals surface area (Å²) in [4.78, 5) is 113. The summed E-state index contributed by atoms with van der Waals surface area (Å²) in [5.74, 6) is -2.84. The molecule has 0 aromatic heterocycles. The molecule has 4 aliphatic rings. The number of aliphatic hydroxyl groups is 9. The number of phosphoric ester groups is 1. The fourth-order valence-electron chi connectivity index (χ4n) is 13.3. The number of nitrogens with one attached hydrogen (secondary N) is 7. The summed E-state index contributed by atoms with van der Waals surface area (Å²) in [6.07, 6.45) is -5.49. The van der Waals surface area contributed by atoms with Crippen LogP contribution in [0.4, 0.5) is 0 Å². The van der Waals surface area contributed by atoms with Crippen molar-refractivity contribution in [3.8, 4) is 0 Å². The van der Waals surface area contributed by atoms with Gasteiger partial charge in [-0.2, -0.15) is 0 Å². The molecule has 1 saturated carbocycles. The molecule has 1 aliphatic carbocycles. The lowest BCUT2D eigenvalue weighted by molar-refractivity contribution is -0.270. The number of carbonyl (C=O) groups is 8. The van der Waals surface area contributed by atoms with Crippen molar-refractivity contribution in [1.82, 2.24) is 42.1 Å². The predicted octanol–water partition coefficient (Wildman–Crippen LogP) is -1.91. The second-order valence-electron chi connectivity index (χ2n) is 28.6. The van der Waals surface area contributed by atoms with Gasteiger partial charge in [0, 0.05) is 139 Å². The minimum atomic E-state index is -4.01. The van der Waals surface area contributed by atoms with Crippen molar-refractivity contribution in [2.24, 2.45) is 5.92 Å². The standard InChI is InChI=1S/C72H131N8O30P/c1-46(84)77-59-65(94)62(91)52(43-81)108-70(59)104-34-18-9-13-26-56(88)74-30-22-37-101-50-41-49(69(97)80(4)33-17-8-12-25-55(87)73-29-16-6-7-21-40-107-111(98,99)100-5)42-51(102-38-23-31-75-57(89)27-14-10-19-35-105-71-60(78-47(2)85)66(95)63(92)53(44-82)109-71)68(50)103-39-24-32-76-58(90)28-15-11-20-36-106-72-61(79-48(3)86)67(96)64(93)54(45-83)110-72/h49-54,59-68,70-72,81-83,91-96H,6-45H2,1-5H3,(H,73,87)(H,74,88)(H,75,89)(H,76,90)(H,77,84)(H,78,85)(H,79,86)(H,98,99)/t49?,50-,51-,52-,53-,54-,59-,60-,61-,62+,63+,64+,65-,66-,67-,68?,70-,71-,72-/m1/s1. The molecule has 0 spiro atoms. The van der Waals surface area contributed by atoms with E-state index in [9.17, 15) is 93.8 Å². The molecule has 644 valence electrons. The van der Waals surface area contributed by atoms with Crippen LogP contribution >= 0.6 is 7.82 Å². The van der Waals surface area contributed by atoms with E-state index < -0.39 is 162 Å². The first-order valence-electron chi connectivity index (χ1n) is 39.4. The molecule has 18 atom stereocenters. The molecule has 4 rings (SSSR count). The van der Waals surface area contributed by atoms with Crippen LogP contribution in [0.15, 0.2) is 0 Å². The Morgan fingerprint density at radius 2 is 0.712 bits per heavy atom. The summed E-state index contributed by atoms with van der Waals surface area (Å²) in [6.45, 7) is 4.63. The van der Waals surface area contributed by atoms with Crippen LogP contribution in [0.2, 0.25) is 0 Å². The smallest absolute Gasteiger partial charge is 0.394 e. The SMILES string of the molecule is COP(=O)(O)OCCCCCCNC(=O)CCCCCN(C)C(=O)C1C[C@@H](OCCCNC(=O)CCCCCO[C@@H]2O[C@H](CO)[C@H](O)[C@H](O)[C@H]2NC(C)=O)C(OCCCNC(=O)CCCCCO[C@@H]2O[C@H](CO)[C@H](O)[C@H](O)[C@H]2NC(C)=O)[C@H](OCCCNC(=O)CCCCCO[C@@H]2O[C@H](CO)[C@H](O)[C@H](O)[C@H]2NC(C)=O)C1. The zero-order chi connectivity index (χ0) is 81.7. The van der Waals surface area contributed by atoms with Gasteiger partial charge in [-0.15, -0.1) is 0 Å². The van der Waals surface area contributed by atoms with Crippen LogP contribution in [-0.4, -0.2) is 326 Å². The topological polar surface area (TPSA) is 545 Å². The molecule has 4 fully saturated rings. The lowest BCUT2D eigenvalue weighted by Crippen LogP contribution is -2.64. The summed E-state index contributed by atoms with van der Waals surface area (Å²) < 4.78 is 74.8. The Morgan fingerprint density at radius 3 is 1.05 bits per heavy atom. The highest BCUT2D eigenvalue weighted by molar-refractivity contribution is 7.47. The number of amides is 8. The van der Waals surface area contributed by atoms with E-state index in [4.69, 9.17) is 47.2 Å². The fraction of sp³-hybridized carbons (Fsp3) is 0.889. The van der Waals surface area contributed by atoms with Crippen molar-refractivity contribution in [2.45, 2.75) is 292 Å². The number of phosphoric acid groups is 1. The third-order valence-electron chi connectivity index (χ3n) is 19.4. The summed E-state index contributed by atoms with van der Waals surface area (Å²) in [5, 5.41) is 111. The number of nitrogens with zero attached hydrogens (tertiary/aromatic N) is 1. The summed E-state index contributed by atoms with van der Waals surface area (Å²) >= 11 is 0. The monoisotopic (exact) mass is 1620 g/mol. The van der Waals surface area contributed by atoms with Crippen molar-refractivity contribution >= 4 is 55.1 Å². The number of aliphatic hydroxyl groups excluding tert-OH is 9. The molecular weight excluding hydrogens is 1490 g/mol. The number of ether oxygens (including phenoxy) is 9. The number of rotatable bonds is 58. The number of hydrogen-bond donors (Lipinski definition) is 17. The van der Waals surface area contributed by atoms with Crippen LogP contribution in [-0.2, 0) is 94.6 Å². The van der Waals surface area contributed by atoms with Crippen LogP contribution in [0.3, 0.4) is 0 Å². The van der Waals surface area contributed by atoms with E-state index in [-0.39, 0.29) is 128 Å². The molecule has 111 heavy (non-hydrogen) atoms. The van der Waals surface area contributed by atoms with Crippen molar-refractivity contribution in [2.75, 3.05) is 113 Å². The Balaban J connectivity index is 1.35. The van der Waals surface area contributed by atoms with Gasteiger partial charge in [0.05, 0.1) is 38.6 Å². The fourth-order valence-corrected chi connectivity index (χ4v) is 13.7. The van der Waals surface area contributed by atoms with Crippen molar-refractivity contribution in [3.63, 3.8) is 0 Å². The predicted molar refractivity (Wildman–Crippen MR) is 395 cm³/mol. The van der Waals surface area contributed by atoms with Gasteiger partial charge in [0.2, 0.25) is 47.3 Å². The van der Waals surface area contributed by atoms with Gasteiger partial charge in [0.15, 0.2) is 18.9 Å². The van der Waals surface area contributed by atoms with Crippen LogP contribution in [0.25, 0.3) is 0 Å². The first-order chi connectivity index (χ1) is 53.1. The lowest BCUT2D eigenvalue weighted by Gasteiger charge is -2.42. The Bertz CT molecular complexity index is 2630. The molecule has 0 aromatic carbocycles. The van der Waals surface area contributed by atoms with Crippen molar-refractivity contribution in [1.29, 1.82) is 0 Å². The highest BCUT2D eigenvalue weighted by Crippen LogP contribution is 2.42. The molecule has 3 aliphatic heterocycles. The second kappa shape index (κ2) is 55.7.